The Balaban J connectivity index is 1.89. The normalized spacial score (nSPS) is 14.0. The molecule has 0 unspecified atom stereocenters. The lowest BCUT2D eigenvalue weighted by Gasteiger charge is -2.38. The molecule has 1 heterocycles. The smallest absolute Gasteiger partial charge is 0.259 e. The first-order chi connectivity index (χ1) is 11.6. The van der Waals surface area contributed by atoms with Gasteiger partial charge in [-0.3, -0.25) is 4.79 Å². The molecule has 5 heteroatoms. The van der Waals surface area contributed by atoms with Gasteiger partial charge in [-0.25, -0.2) is 0 Å². The lowest BCUT2D eigenvalue weighted by molar-refractivity contribution is 0.0986. The molecule has 3 rings (SSSR count). The standard InChI is InChI=1S/C19H22BrN3O/c1-21(2)11-12-22-13-14-23(18-10-6-5-9-17(18)22)19(24)15-7-3-4-8-16(15)20/h3-10H,11-14H2,1-2H3. The number of para-hydroxylation sites is 2. The molecule has 2 aromatic carbocycles. The molecule has 24 heavy (non-hydrogen) atoms. The molecule has 0 bridgehead atoms. The van der Waals surface area contributed by atoms with Crippen LogP contribution in [0.3, 0.4) is 0 Å². The van der Waals surface area contributed by atoms with Gasteiger partial charge in [0.15, 0.2) is 0 Å². The fraction of sp³-hybridized carbons (Fsp3) is 0.316. The van der Waals surface area contributed by atoms with Crippen LogP contribution in [0.25, 0.3) is 0 Å². The van der Waals surface area contributed by atoms with Gasteiger partial charge in [0, 0.05) is 30.7 Å². The highest BCUT2D eigenvalue weighted by atomic mass is 79.9. The molecule has 4 nitrogen and oxygen atoms in total. The molecule has 0 radical (unpaired) electrons. The molecule has 0 saturated carbocycles. The van der Waals surface area contributed by atoms with Crippen LogP contribution >= 0.6 is 15.9 Å². The number of benzene rings is 2. The van der Waals surface area contributed by atoms with E-state index < -0.39 is 0 Å². The number of carbonyl (C=O) groups is 1. The Bertz CT molecular complexity index is 732. The number of carbonyl (C=O) groups excluding carboxylic acids is 1. The van der Waals surface area contributed by atoms with E-state index in [0.717, 1.165) is 35.5 Å². The van der Waals surface area contributed by atoms with Crippen LogP contribution in [0, 0.1) is 0 Å². The topological polar surface area (TPSA) is 26.8 Å². The summed E-state index contributed by atoms with van der Waals surface area (Å²) in [4.78, 5) is 19.5. The van der Waals surface area contributed by atoms with E-state index in [-0.39, 0.29) is 5.91 Å². The maximum Gasteiger partial charge on any atom is 0.259 e. The Morgan fingerprint density at radius 3 is 2.42 bits per heavy atom. The Hall–Kier alpha value is -1.85. The van der Waals surface area contributed by atoms with Crippen LogP contribution in [0.15, 0.2) is 53.0 Å². The van der Waals surface area contributed by atoms with Gasteiger partial charge in [0.25, 0.3) is 5.91 Å². The molecule has 0 fully saturated rings. The maximum absolute atomic E-state index is 13.0. The Kier molecular flexibility index (Phi) is 5.21. The molecule has 1 amide bonds. The average Bonchev–Trinajstić information content (AvgIpc) is 2.59. The second-order valence-electron chi connectivity index (χ2n) is 6.22. The van der Waals surface area contributed by atoms with Crippen molar-refractivity contribution in [2.24, 2.45) is 0 Å². The quantitative estimate of drug-likeness (QED) is 0.803. The van der Waals surface area contributed by atoms with Gasteiger partial charge in [-0.15, -0.1) is 0 Å². The zero-order valence-electron chi connectivity index (χ0n) is 14.1. The summed E-state index contributed by atoms with van der Waals surface area (Å²) in [6.07, 6.45) is 0. The van der Waals surface area contributed by atoms with Crippen molar-refractivity contribution < 1.29 is 4.79 Å². The third-order valence-corrected chi connectivity index (χ3v) is 4.96. The van der Waals surface area contributed by atoms with E-state index in [1.165, 1.54) is 0 Å². The second kappa shape index (κ2) is 7.36. The summed E-state index contributed by atoms with van der Waals surface area (Å²) in [5.41, 5.74) is 2.82. The second-order valence-corrected chi connectivity index (χ2v) is 7.07. The van der Waals surface area contributed by atoms with Crippen LogP contribution in [0.4, 0.5) is 11.4 Å². The predicted octanol–water partition coefficient (Wildman–Crippen LogP) is 3.48. The van der Waals surface area contributed by atoms with Crippen molar-refractivity contribution in [1.82, 2.24) is 4.90 Å². The number of fused-ring (bicyclic) bond motifs is 1. The molecule has 0 aliphatic carbocycles. The zero-order valence-corrected chi connectivity index (χ0v) is 15.7. The lowest BCUT2D eigenvalue weighted by Crippen LogP contribution is -2.46. The minimum Gasteiger partial charge on any atom is -0.367 e. The highest BCUT2D eigenvalue weighted by Crippen LogP contribution is 2.34. The summed E-state index contributed by atoms with van der Waals surface area (Å²) >= 11 is 3.49. The van der Waals surface area contributed by atoms with Crippen LogP contribution in [-0.4, -0.2) is 51.1 Å². The fourth-order valence-corrected chi connectivity index (χ4v) is 3.42. The van der Waals surface area contributed by atoms with E-state index in [2.05, 4.69) is 45.9 Å². The van der Waals surface area contributed by atoms with E-state index >= 15 is 0 Å². The third kappa shape index (κ3) is 3.47. The van der Waals surface area contributed by atoms with Crippen molar-refractivity contribution in [3.05, 3.63) is 58.6 Å². The Morgan fingerprint density at radius 2 is 1.71 bits per heavy atom. The summed E-state index contributed by atoms with van der Waals surface area (Å²) in [5.74, 6) is 0.0437. The van der Waals surface area contributed by atoms with Crippen LogP contribution in [0.2, 0.25) is 0 Å². The minimum atomic E-state index is 0.0437. The molecule has 0 spiro atoms. The van der Waals surface area contributed by atoms with Crippen molar-refractivity contribution >= 4 is 33.2 Å². The summed E-state index contributed by atoms with van der Waals surface area (Å²) < 4.78 is 0.836. The molecule has 1 aliphatic rings. The first-order valence-electron chi connectivity index (χ1n) is 8.13. The molecule has 0 N–H and O–H groups in total. The highest BCUT2D eigenvalue weighted by molar-refractivity contribution is 9.10. The highest BCUT2D eigenvalue weighted by Gasteiger charge is 2.27. The largest absolute Gasteiger partial charge is 0.367 e. The molecular weight excluding hydrogens is 366 g/mol. The molecule has 0 aromatic heterocycles. The first kappa shape index (κ1) is 17.0. The number of anilines is 2. The van der Waals surface area contributed by atoms with Gasteiger partial charge in [0.1, 0.15) is 0 Å². The number of rotatable bonds is 4. The van der Waals surface area contributed by atoms with Crippen LogP contribution in [-0.2, 0) is 0 Å². The van der Waals surface area contributed by atoms with E-state index in [9.17, 15) is 4.79 Å². The maximum atomic E-state index is 13.0. The number of amides is 1. The number of hydrogen-bond donors (Lipinski definition) is 0. The van der Waals surface area contributed by atoms with Crippen molar-refractivity contribution in [1.29, 1.82) is 0 Å². The first-order valence-corrected chi connectivity index (χ1v) is 8.92. The van der Waals surface area contributed by atoms with Crippen LogP contribution < -0.4 is 9.80 Å². The Morgan fingerprint density at radius 1 is 1.04 bits per heavy atom. The van der Waals surface area contributed by atoms with Crippen LogP contribution in [0.5, 0.6) is 0 Å². The summed E-state index contributed by atoms with van der Waals surface area (Å²) in [5, 5.41) is 0. The Labute approximate surface area is 151 Å². The number of halogens is 1. The van der Waals surface area contributed by atoms with Crippen molar-refractivity contribution in [3.8, 4) is 0 Å². The van der Waals surface area contributed by atoms with Gasteiger partial charge >= 0.3 is 0 Å². The van der Waals surface area contributed by atoms with Gasteiger partial charge in [0.2, 0.25) is 0 Å². The molecule has 1 aliphatic heterocycles. The van der Waals surface area contributed by atoms with E-state index in [1.807, 2.05) is 47.4 Å². The third-order valence-electron chi connectivity index (χ3n) is 4.27. The molecular formula is C19H22BrN3O. The van der Waals surface area contributed by atoms with E-state index in [1.54, 1.807) is 0 Å². The van der Waals surface area contributed by atoms with E-state index in [4.69, 9.17) is 0 Å². The number of hydrogen-bond acceptors (Lipinski definition) is 3. The fourth-order valence-electron chi connectivity index (χ4n) is 2.97. The van der Waals surface area contributed by atoms with Gasteiger partial charge < -0.3 is 14.7 Å². The van der Waals surface area contributed by atoms with Gasteiger partial charge in [-0.1, -0.05) is 24.3 Å². The lowest BCUT2D eigenvalue weighted by atomic mass is 10.1. The summed E-state index contributed by atoms with van der Waals surface area (Å²) in [6.45, 7) is 3.50. The number of likely N-dealkylation sites (N-methyl/N-ethyl adjacent to an activating group) is 1. The van der Waals surface area contributed by atoms with Gasteiger partial charge in [0.05, 0.1) is 16.9 Å². The summed E-state index contributed by atoms with van der Waals surface area (Å²) in [6, 6.07) is 15.8. The van der Waals surface area contributed by atoms with Crippen LogP contribution in [0.1, 0.15) is 10.4 Å². The average molecular weight is 388 g/mol. The summed E-state index contributed by atoms with van der Waals surface area (Å²) in [7, 11) is 4.16. The van der Waals surface area contributed by atoms with Crippen molar-refractivity contribution in [3.63, 3.8) is 0 Å². The molecule has 0 atom stereocenters. The SMILES string of the molecule is CN(C)CCN1CCN(C(=O)c2ccccc2Br)c2ccccc21. The van der Waals surface area contributed by atoms with Crippen molar-refractivity contribution in [2.75, 3.05) is 50.1 Å². The number of nitrogens with zero attached hydrogens (tertiary/aromatic N) is 3. The van der Waals surface area contributed by atoms with E-state index in [0.29, 0.717) is 12.1 Å². The van der Waals surface area contributed by atoms with Crippen molar-refractivity contribution in [2.45, 2.75) is 0 Å². The molecule has 2 aromatic rings. The van der Waals surface area contributed by atoms with Gasteiger partial charge in [-0.2, -0.15) is 0 Å². The minimum absolute atomic E-state index is 0.0437. The monoisotopic (exact) mass is 387 g/mol. The molecule has 0 saturated heterocycles. The molecule has 126 valence electrons. The predicted molar refractivity (Wildman–Crippen MR) is 103 cm³/mol. The van der Waals surface area contributed by atoms with Gasteiger partial charge in [-0.05, 0) is 54.3 Å². The zero-order chi connectivity index (χ0) is 17.1.